The minimum Gasteiger partial charge on any atom is -0.461 e. The van der Waals surface area contributed by atoms with Crippen LogP contribution in [0.15, 0.2) is 51.8 Å². The molecule has 176 valence electrons. The number of imide groups is 1. The molecule has 1 aliphatic carbocycles. The maximum absolute atomic E-state index is 13.1. The van der Waals surface area contributed by atoms with Gasteiger partial charge in [0.1, 0.15) is 17.4 Å². The van der Waals surface area contributed by atoms with Gasteiger partial charge in [0.15, 0.2) is 0 Å². The van der Waals surface area contributed by atoms with Gasteiger partial charge >= 0.3 is 0 Å². The SMILES string of the molecule is O=C(NO)[C@H](CN1C(=O)c2ccccc2C1=O)NS(=O)(=O)c1ccc2c3c(oc2c1)CCCC3. The summed E-state index contributed by atoms with van der Waals surface area (Å²) in [5.74, 6) is -1.57. The van der Waals surface area contributed by atoms with E-state index < -0.39 is 40.3 Å². The number of carbonyl (C=O) groups is 3. The van der Waals surface area contributed by atoms with Crippen molar-refractivity contribution in [3.63, 3.8) is 0 Å². The first-order valence-electron chi connectivity index (χ1n) is 10.8. The number of nitrogens with one attached hydrogen (secondary N) is 2. The van der Waals surface area contributed by atoms with Crippen LogP contribution in [0.1, 0.15) is 44.9 Å². The van der Waals surface area contributed by atoms with E-state index in [0.717, 1.165) is 47.3 Å². The van der Waals surface area contributed by atoms with Crippen molar-refractivity contribution in [2.24, 2.45) is 0 Å². The van der Waals surface area contributed by atoms with E-state index in [1.165, 1.54) is 29.7 Å². The fourth-order valence-corrected chi connectivity index (χ4v) is 5.71. The van der Waals surface area contributed by atoms with Gasteiger partial charge in [-0.15, -0.1) is 0 Å². The highest BCUT2D eigenvalue weighted by Crippen LogP contribution is 2.33. The van der Waals surface area contributed by atoms with Gasteiger partial charge in [-0.1, -0.05) is 12.1 Å². The van der Waals surface area contributed by atoms with Gasteiger partial charge in [-0.25, -0.2) is 13.9 Å². The van der Waals surface area contributed by atoms with Crippen molar-refractivity contribution in [3.8, 4) is 0 Å². The first-order valence-corrected chi connectivity index (χ1v) is 12.2. The van der Waals surface area contributed by atoms with Crippen LogP contribution < -0.4 is 10.2 Å². The van der Waals surface area contributed by atoms with Gasteiger partial charge in [0.2, 0.25) is 10.0 Å². The summed E-state index contributed by atoms with van der Waals surface area (Å²) in [6, 6.07) is 8.96. The summed E-state index contributed by atoms with van der Waals surface area (Å²) in [7, 11) is -4.28. The Labute approximate surface area is 194 Å². The van der Waals surface area contributed by atoms with Crippen LogP contribution in [0.3, 0.4) is 0 Å². The van der Waals surface area contributed by atoms with Crippen LogP contribution in [0.4, 0.5) is 0 Å². The zero-order valence-electron chi connectivity index (χ0n) is 17.9. The number of hydroxylamine groups is 1. The van der Waals surface area contributed by atoms with E-state index in [0.29, 0.717) is 5.58 Å². The molecule has 0 bridgehead atoms. The number of amides is 3. The normalized spacial score (nSPS) is 16.4. The molecular formula is C23H21N3O7S. The summed E-state index contributed by atoms with van der Waals surface area (Å²) in [4.78, 5) is 38.2. The predicted octanol–water partition coefficient (Wildman–Crippen LogP) is 1.76. The Morgan fingerprint density at radius 3 is 2.41 bits per heavy atom. The second-order valence-corrected chi connectivity index (χ2v) is 10.00. The molecule has 2 aliphatic rings. The van der Waals surface area contributed by atoms with Crippen LogP contribution in [-0.2, 0) is 27.7 Å². The summed E-state index contributed by atoms with van der Waals surface area (Å²) in [6.45, 7) is -0.602. The molecule has 1 aliphatic heterocycles. The number of fused-ring (bicyclic) bond motifs is 4. The number of furan rings is 1. The number of hydrogen-bond acceptors (Lipinski definition) is 7. The summed E-state index contributed by atoms with van der Waals surface area (Å²) in [6.07, 6.45) is 3.71. The smallest absolute Gasteiger partial charge is 0.263 e. The standard InChI is InChI=1S/C23H21N3O7S/c27-21(24-30)18(12-26-22(28)16-6-1-2-7-17(16)23(26)29)25-34(31,32)13-9-10-15-14-5-3-4-8-19(14)33-20(15)11-13/h1-2,6-7,9-11,18,25,30H,3-5,8,12H2,(H,24,27)/t18-/m0/s1. The summed E-state index contributed by atoms with van der Waals surface area (Å²) >= 11 is 0. The van der Waals surface area contributed by atoms with Gasteiger partial charge in [-0.3, -0.25) is 24.5 Å². The van der Waals surface area contributed by atoms with Crippen LogP contribution in [0, 0.1) is 0 Å². The average molecular weight is 484 g/mol. The predicted molar refractivity (Wildman–Crippen MR) is 119 cm³/mol. The molecule has 0 spiro atoms. The third-order valence-electron chi connectivity index (χ3n) is 6.21. The highest BCUT2D eigenvalue weighted by molar-refractivity contribution is 7.89. The number of rotatable bonds is 6. The number of sulfonamides is 1. The van der Waals surface area contributed by atoms with E-state index in [-0.39, 0.29) is 16.0 Å². The van der Waals surface area contributed by atoms with Gasteiger partial charge in [-0.2, -0.15) is 4.72 Å². The van der Waals surface area contributed by atoms with Crippen LogP contribution in [-0.4, -0.2) is 48.8 Å². The van der Waals surface area contributed by atoms with Crippen LogP contribution in [0.2, 0.25) is 0 Å². The molecule has 3 amide bonds. The summed E-state index contributed by atoms with van der Waals surface area (Å²) in [5.41, 5.74) is 3.22. The molecule has 10 nitrogen and oxygen atoms in total. The number of hydrogen-bond donors (Lipinski definition) is 3. The van der Waals surface area contributed by atoms with Crippen molar-refractivity contribution in [2.45, 2.75) is 36.6 Å². The van der Waals surface area contributed by atoms with Crippen molar-refractivity contribution in [2.75, 3.05) is 6.54 Å². The van der Waals surface area contributed by atoms with Crippen LogP contribution >= 0.6 is 0 Å². The third kappa shape index (κ3) is 3.67. The molecule has 2 aromatic carbocycles. The van der Waals surface area contributed by atoms with Crippen molar-refractivity contribution < 1.29 is 32.4 Å². The van der Waals surface area contributed by atoms with E-state index in [2.05, 4.69) is 4.72 Å². The second kappa shape index (κ2) is 8.35. The first-order chi connectivity index (χ1) is 16.3. The number of aryl methyl sites for hydroxylation is 2. The van der Waals surface area contributed by atoms with E-state index >= 15 is 0 Å². The molecule has 0 saturated carbocycles. The lowest BCUT2D eigenvalue weighted by molar-refractivity contribution is -0.131. The monoisotopic (exact) mass is 483 g/mol. The molecule has 5 rings (SSSR count). The van der Waals surface area contributed by atoms with Crippen molar-refractivity contribution in [1.29, 1.82) is 0 Å². The topological polar surface area (TPSA) is 146 Å². The van der Waals surface area contributed by atoms with E-state index in [1.807, 2.05) is 0 Å². The Kier molecular flexibility index (Phi) is 5.47. The maximum atomic E-state index is 13.1. The number of nitrogens with zero attached hydrogens (tertiary/aromatic N) is 1. The Morgan fingerprint density at radius 2 is 1.74 bits per heavy atom. The highest BCUT2D eigenvalue weighted by Gasteiger charge is 2.39. The second-order valence-electron chi connectivity index (χ2n) is 8.29. The lowest BCUT2D eigenvalue weighted by atomic mass is 9.96. The molecule has 1 aromatic heterocycles. The fourth-order valence-electron chi connectivity index (χ4n) is 4.51. The van der Waals surface area contributed by atoms with E-state index in [9.17, 15) is 22.8 Å². The highest BCUT2D eigenvalue weighted by atomic mass is 32.2. The molecule has 1 atom stereocenters. The zero-order valence-corrected chi connectivity index (χ0v) is 18.7. The molecule has 2 heterocycles. The molecule has 34 heavy (non-hydrogen) atoms. The summed E-state index contributed by atoms with van der Waals surface area (Å²) in [5, 5.41) is 10.0. The molecule has 3 aromatic rings. The fraction of sp³-hybridized carbons (Fsp3) is 0.261. The minimum absolute atomic E-state index is 0.149. The van der Waals surface area contributed by atoms with Crippen LogP contribution in [0.5, 0.6) is 0 Å². The van der Waals surface area contributed by atoms with Crippen molar-refractivity contribution >= 4 is 38.7 Å². The molecule has 0 saturated heterocycles. The minimum atomic E-state index is -4.28. The van der Waals surface area contributed by atoms with Gasteiger partial charge in [0, 0.05) is 23.4 Å². The Bertz CT molecular complexity index is 1410. The van der Waals surface area contributed by atoms with Gasteiger partial charge in [-0.05, 0) is 43.5 Å². The van der Waals surface area contributed by atoms with Gasteiger partial charge in [0.05, 0.1) is 22.6 Å². The average Bonchev–Trinajstić information content (AvgIpc) is 3.33. The Morgan fingerprint density at radius 1 is 1.06 bits per heavy atom. The zero-order chi connectivity index (χ0) is 24.0. The molecule has 0 radical (unpaired) electrons. The quantitative estimate of drug-likeness (QED) is 0.275. The lowest BCUT2D eigenvalue weighted by Crippen LogP contribution is -2.53. The Balaban J connectivity index is 1.42. The van der Waals surface area contributed by atoms with Crippen molar-refractivity contribution in [3.05, 3.63) is 64.9 Å². The molecular weight excluding hydrogens is 462 g/mol. The van der Waals surface area contributed by atoms with E-state index in [1.54, 1.807) is 18.2 Å². The van der Waals surface area contributed by atoms with Gasteiger partial charge < -0.3 is 4.42 Å². The summed E-state index contributed by atoms with van der Waals surface area (Å²) < 4.78 is 34.3. The largest absolute Gasteiger partial charge is 0.461 e. The molecule has 11 heteroatoms. The molecule has 0 unspecified atom stereocenters. The van der Waals surface area contributed by atoms with Crippen molar-refractivity contribution in [1.82, 2.24) is 15.1 Å². The number of carbonyl (C=O) groups excluding carboxylic acids is 3. The number of benzene rings is 2. The third-order valence-corrected chi connectivity index (χ3v) is 7.68. The first kappa shape index (κ1) is 22.3. The molecule has 0 fully saturated rings. The van der Waals surface area contributed by atoms with E-state index in [4.69, 9.17) is 9.62 Å². The Hall–Kier alpha value is -3.54. The van der Waals surface area contributed by atoms with Crippen LogP contribution in [0.25, 0.3) is 11.0 Å². The lowest BCUT2D eigenvalue weighted by Gasteiger charge is -2.22. The maximum Gasteiger partial charge on any atom is 0.263 e. The van der Waals surface area contributed by atoms with Gasteiger partial charge in [0.25, 0.3) is 17.7 Å². The molecule has 3 N–H and O–H groups in total.